The number of benzene rings is 2. The Morgan fingerprint density at radius 1 is 1.00 bits per heavy atom. The first-order chi connectivity index (χ1) is 15.2. The van der Waals surface area contributed by atoms with Crippen molar-refractivity contribution in [3.05, 3.63) is 66.1 Å². The minimum atomic E-state index is -0.102. The van der Waals surface area contributed by atoms with Crippen LogP contribution in [0, 0.1) is 0 Å². The molecular weight excluding hydrogens is 396 g/mol. The van der Waals surface area contributed by atoms with Gasteiger partial charge in [0.25, 0.3) is 5.91 Å². The van der Waals surface area contributed by atoms with Gasteiger partial charge >= 0.3 is 0 Å². The molecule has 1 saturated heterocycles. The number of aromatic nitrogens is 2. The monoisotopic (exact) mass is 420 g/mol. The van der Waals surface area contributed by atoms with Crippen molar-refractivity contribution < 1.29 is 18.8 Å². The first kappa shape index (κ1) is 20.7. The molecule has 1 aliphatic rings. The quantitative estimate of drug-likeness (QED) is 0.631. The maximum atomic E-state index is 12.5. The largest absolute Gasteiger partial charge is 0.378 e. The van der Waals surface area contributed by atoms with Crippen LogP contribution in [0.3, 0.4) is 0 Å². The molecule has 1 N–H and O–H groups in total. The lowest BCUT2D eigenvalue weighted by Crippen LogP contribution is -2.40. The molecule has 1 aliphatic heterocycles. The number of nitrogens with one attached hydrogen (secondary N) is 1. The molecule has 8 nitrogen and oxygen atoms in total. The van der Waals surface area contributed by atoms with Gasteiger partial charge in [0, 0.05) is 42.7 Å². The number of ether oxygens (including phenoxy) is 1. The summed E-state index contributed by atoms with van der Waals surface area (Å²) in [7, 11) is 0. The highest BCUT2D eigenvalue weighted by molar-refractivity contribution is 5.95. The molecular formula is C23H24N4O4. The van der Waals surface area contributed by atoms with Crippen LogP contribution in [0.2, 0.25) is 0 Å². The third-order valence-electron chi connectivity index (χ3n) is 5.01. The minimum Gasteiger partial charge on any atom is -0.378 e. The van der Waals surface area contributed by atoms with Gasteiger partial charge in [0.2, 0.25) is 17.6 Å². The van der Waals surface area contributed by atoms with Crippen molar-refractivity contribution in [1.29, 1.82) is 0 Å². The predicted octanol–water partition coefficient (Wildman–Crippen LogP) is 3.17. The van der Waals surface area contributed by atoms with Crippen molar-refractivity contribution in [1.82, 2.24) is 15.0 Å². The molecule has 0 atom stereocenters. The highest BCUT2D eigenvalue weighted by Crippen LogP contribution is 2.16. The van der Waals surface area contributed by atoms with Crippen LogP contribution < -0.4 is 5.32 Å². The standard InChI is InChI=1S/C23H24N4O4/c28-20(7-4-8-21-25-22(26-31-21)17-5-2-1-3-6-17)24-19-11-9-18(10-12-19)23(29)27-13-15-30-16-14-27/h1-3,5-6,9-12H,4,7-8,13-16H2,(H,24,28). The van der Waals surface area contributed by atoms with E-state index in [1.165, 1.54) is 0 Å². The average Bonchev–Trinajstić information content (AvgIpc) is 3.29. The summed E-state index contributed by atoms with van der Waals surface area (Å²) in [5, 5.41) is 6.84. The fourth-order valence-corrected chi connectivity index (χ4v) is 3.33. The first-order valence-electron chi connectivity index (χ1n) is 10.3. The van der Waals surface area contributed by atoms with Gasteiger partial charge in [-0.1, -0.05) is 35.5 Å². The molecule has 0 bridgehead atoms. The predicted molar refractivity (Wildman–Crippen MR) is 114 cm³/mol. The minimum absolute atomic E-state index is 0.0180. The Bertz CT molecular complexity index is 1010. The van der Waals surface area contributed by atoms with Crippen molar-refractivity contribution in [3.63, 3.8) is 0 Å². The van der Waals surface area contributed by atoms with Gasteiger partial charge in [-0.3, -0.25) is 9.59 Å². The second kappa shape index (κ2) is 9.99. The lowest BCUT2D eigenvalue weighted by atomic mass is 10.1. The molecule has 8 heteroatoms. The number of aryl methyl sites for hydroxylation is 1. The second-order valence-corrected chi connectivity index (χ2v) is 7.26. The van der Waals surface area contributed by atoms with E-state index in [1.54, 1.807) is 29.2 Å². The van der Waals surface area contributed by atoms with E-state index in [2.05, 4.69) is 15.5 Å². The van der Waals surface area contributed by atoms with Crippen LogP contribution in [0.25, 0.3) is 11.4 Å². The number of amides is 2. The van der Waals surface area contributed by atoms with E-state index in [9.17, 15) is 9.59 Å². The van der Waals surface area contributed by atoms with Crippen LogP contribution >= 0.6 is 0 Å². The topological polar surface area (TPSA) is 97.6 Å². The Hall–Kier alpha value is -3.52. The van der Waals surface area contributed by atoms with Crippen LogP contribution in [-0.4, -0.2) is 53.2 Å². The zero-order valence-corrected chi connectivity index (χ0v) is 17.1. The number of rotatable bonds is 7. The second-order valence-electron chi connectivity index (χ2n) is 7.26. The third-order valence-corrected chi connectivity index (χ3v) is 5.01. The van der Waals surface area contributed by atoms with E-state index >= 15 is 0 Å². The van der Waals surface area contributed by atoms with Gasteiger partial charge in [-0.2, -0.15) is 4.98 Å². The Kier molecular flexibility index (Phi) is 6.68. The fourth-order valence-electron chi connectivity index (χ4n) is 3.33. The summed E-state index contributed by atoms with van der Waals surface area (Å²) in [6, 6.07) is 16.6. The van der Waals surface area contributed by atoms with Gasteiger partial charge in [-0.05, 0) is 30.7 Å². The number of morpholine rings is 1. The van der Waals surface area contributed by atoms with Gasteiger partial charge in [0.05, 0.1) is 13.2 Å². The van der Waals surface area contributed by atoms with Crippen LogP contribution in [0.15, 0.2) is 59.1 Å². The van der Waals surface area contributed by atoms with Gasteiger partial charge in [0.15, 0.2) is 0 Å². The lowest BCUT2D eigenvalue weighted by Gasteiger charge is -2.26. The highest BCUT2D eigenvalue weighted by Gasteiger charge is 2.18. The SMILES string of the molecule is O=C(CCCc1nc(-c2ccccc2)no1)Nc1ccc(C(=O)N2CCOCC2)cc1. The molecule has 3 aromatic rings. The summed E-state index contributed by atoms with van der Waals surface area (Å²) >= 11 is 0. The average molecular weight is 420 g/mol. The molecule has 0 unspecified atom stereocenters. The van der Waals surface area contributed by atoms with E-state index in [0.717, 1.165) is 5.56 Å². The summed E-state index contributed by atoms with van der Waals surface area (Å²) in [4.78, 5) is 30.8. The van der Waals surface area contributed by atoms with Crippen LogP contribution in [0.4, 0.5) is 5.69 Å². The summed E-state index contributed by atoms with van der Waals surface area (Å²) in [6.45, 7) is 2.34. The van der Waals surface area contributed by atoms with E-state index < -0.39 is 0 Å². The van der Waals surface area contributed by atoms with Crippen molar-refractivity contribution >= 4 is 17.5 Å². The summed E-state index contributed by atoms with van der Waals surface area (Å²) in [5.74, 6) is 0.940. The van der Waals surface area contributed by atoms with E-state index in [1.807, 2.05) is 30.3 Å². The first-order valence-corrected chi connectivity index (χ1v) is 10.3. The number of hydrogen-bond donors (Lipinski definition) is 1. The molecule has 0 spiro atoms. The van der Waals surface area contributed by atoms with Crippen LogP contribution in [0.1, 0.15) is 29.1 Å². The summed E-state index contributed by atoms with van der Waals surface area (Å²) in [6.07, 6.45) is 1.45. The summed E-state index contributed by atoms with van der Waals surface area (Å²) in [5.41, 5.74) is 2.16. The van der Waals surface area contributed by atoms with Crippen LogP contribution in [-0.2, 0) is 16.0 Å². The molecule has 4 rings (SSSR count). The molecule has 160 valence electrons. The zero-order valence-electron chi connectivity index (χ0n) is 17.1. The Morgan fingerprint density at radius 3 is 2.48 bits per heavy atom. The van der Waals surface area contributed by atoms with Gasteiger partial charge in [0.1, 0.15) is 0 Å². The Labute approximate surface area is 180 Å². The normalized spacial score (nSPS) is 13.7. The van der Waals surface area contributed by atoms with E-state index in [-0.39, 0.29) is 11.8 Å². The maximum Gasteiger partial charge on any atom is 0.254 e. The molecule has 2 aromatic carbocycles. The molecule has 0 saturated carbocycles. The third kappa shape index (κ3) is 5.55. The number of hydrogen-bond acceptors (Lipinski definition) is 6. The Morgan fingerprint density at radius 2 is 1.74 bits per heavy atom. The van der Waals surface area contributed by atoms with Crippen molar-refractivity contribution in [3.8, 4) is 11.4 Å². The number of carbonyl (C=O) groups excluding carboxylic acids is 2. The molecule has 0 radical (unpaired) electrons. The molecule has 31 heavy (non-hydrogen) atoms. The van der Waals surface area contributed by atoms with Crippen molar-refractivity contribution in [2.45, 2.75) is 19.3 Å². The maximum absolute atomic E-state index is 12.5. The molecule has 2 heterocycles. The number of carbonyl (C=O) groups is 2. The number of nitrogens with zero attached hydrogens (tertiary/aromatic N) is 3. The molecule has 0 aliphatic carbocycles. The Balaban J connectivity index is 1.23. The van der Waals surface area contributed by atoms with Gasteiger partial charge < -0.3 is 19.5 Å². The van der Waals surface area contributed by atoms with Gasteiger partial charge in [-0.25, -0.2) is 0 Å². The van der Waals surface area contributed by atoms with Crippen LogP contribution in [0.5, 0.6) is 0 Å². The van der Waals surface area contributed by atoms with Crippen molar-refractivity contribution in [2.75, 3.05) is 31.6 Å². The van der Waals surface area contributed by atoms with E-state index in [4.69, 9.17) is 9.26 Å². The molecule has 1 aromatic heterocycles. The summed E-state index contributed by atoms with van der Waals surface area (Å²) < 4.78 is 10.5. The smallest absolute Gasteiger partial charge is 0.254 e. The van der Waals surface area contributed by atoms with Gasteiger partial charge in [-0.15, -0.1) is 0 Å². The molecule has 1 fully saturated rings. The number of anilines is 1. The highest BCUT2D eigenvalue weighted by atomic mass is 16.5. The fraction of sp³-hybridized carbons (Fsp3) is 0.304. The lowest BCUT2D eigenvalue weighted by molar-refractivity contribution is -0.116. The van der Waals surface area contributed by atoms with Crippen molar-refractivity contribution in [2.24, 2.45) is 0 Å². The molecule has 2 amide bonds. The van der Waals surface area contributed by atoms with E-state index in [0.29, 0.717) is 68.5 Å². The zero-order chi connectivity index (χ0) is 21.5.